The maximum Gasteiger partial charge on any atom is 0.260 e. The summed E-state index contributed by atoms with van der Waals surface area (Å²) in [4.78, 5) is 14.4. The van der Waals surface area contributed by atoms with E-state index in [-0.39, 0.29) is 5.91 Å². The summed E-state index contributed by atoms with van der Waals surface area (Å²) in [7, 11) is 0. The number of hydrogen-bond donors (Lipinski definition) is 1. The van der Waals surface area contributed by atoms with Crippen molar-refractivity contribution in [2.75, 3.05) is 39.4 Å². The molecule has 1 heterocycles. The van der Waals surface area contributed by atoms with Crippen molar-refractivity contribution < 1.29 is 14.3 Å². The van der Waals surface area contributed by atoms with Crippen molar-refractivity contribution in [1.82, 2.24) is 10.2 Å². The van der Waals surface area contributed by atoms with Crippen molar-refractivity contribution in [1.29, 1.82) is 0 Å². The van der Waals surface area contributed by atoms with Crippen LogP contribution in [0, 0.1) is 6.92 Å². The first-order valence-corrected chi connectivity index (χ1v) is 7.96. The summed E-state index contributed by atoms with van der Waals surface area (Å²) in [5.74, 6) is 0.666. The Bertz CT molecular complexity index is 473. The van der Waals surface area contributed by atoms with Gasteiger partial charge in [0.25, 0.3) is 5.91 Å². The smallest absolute Gasteiger partial charge is 0.260 e. The first-order valence-electron chi connectivity index (χ1n) is 7.96. The summed E-state index contributed by atoms with van der Waals surface area (Å²) >= 11 is 0. The minimum Gasteiger partial charge on any atom is -0.481 e. The van der Waals surface area contributed by atoms with Crippen LogP contribution in [0.3, 0.4) is 0 Å². The molecular formula is C17H26N2O3. The number of nitrogens with zero attached hydrogens (tertiary/aromatic N) is 1. The largest absolute Gasteiger partial charge is 0.481 e. The van der Waals surface area contributed by atoms with E-state index in [4.69, 9.17) is 9.47 Å². The summed E-state index contributed by atoms with van der Waals surface area (Å²) in [6, 6.07) is 7.73. The highest BCUT2D eigenvalue weighted by molar-refractivity contribution is 5.80. The van der Waals surface area contributed by atoms with Gasteiger partial charge in [-0.15, -0.1) is 0 Å². The van der Waals surface area contributed by atoms with Crippen molar-refractivity contribution in [2.24, 2.45) is 0 Å². The molecule has 0 aliphatic carbocycles. The predicted octanol–water partition coefficient (Wildman–Crippen LogP) is 1.60. The number of carbonyl (C=O) groups is 1. The van der Waals surface area contributed by atoms with Crippen LogP contribution in [0.4, 0.5) is 0 Å². The average Bonchev–Trinajstić information content (AvgIpc) is 2.52. The fourth-order valence-corrected chi connectivity index (χ4v) is 2.43. The fourth-order valence-electron chi connectivity index (χ4n) is 2.43. The Morgan fingerprint density at radius 1 is 1.41 bits per heavy atom. The van der Waals surface area contributed by atoms with Gasteiger partial charge in [-0.05, 0) is 44.5 Å². The second kappa shape index (κ2) is 8.76. The Morgan fingerprint density at radius 2 is 2.18 bits per heavy atom. The van der Waals surface area contributed by atoms with Crippen LogP contribution < -0.4 is 10.1 Å². The van der Waals surface area contributed by atoms with Crippen molar-refractivity contribution in [2.45, 2.75) is 26.4 Å². The molecule has 1 fully saturated rings. The van der Waals surface area contributed by atoms with Gasteiger partial charge in [0.1, 0.15) is 5.75 Å². The summed E-state index contributed by atoms with van der Waals surface area (Å²) in [6.45, 7) is 9.06. The quantitative estimate of drug-likeness (QED) is 0.778. The van der Waals surface area contributed by atoms with E-state index in [1.807, 2.05) is 31.2 Å². The lowest BCUT2D eigenvalue weighted by atomic mass is 10.2. The van der Waals surface area contributed by atoms with Gasteiger partial charge in [-0.2, -0.15) is 0 Å². The topological polar surface area (TPSA) is 50.8 Å². The number of nitrogens with one attached hydrogen (secondary N) is 1. The van der Waals surface area contributed by atoms with Gasteiger partial charge in [0, 0.05) is 19.6 Å². The third-order valence-corrected chi connectivity index (χ3v) is 3.73. The van der Waals surface area contributed by atoms with E-state index in [2.05, 4.69) is 10.2 Å². The molecule has 5 nitrogen and oxygen atoms in total. The summed E-state index contributed by atoms with van der Waals surface area (Å²) < 4.78 is 11.0. The van der Waals surface area contributed by atoms with E-state index in [9.17, 15) is 4.79 Å². The molecular weight excluding hydrogens is 280 g/mol. The molecule has 1 aliphatic rings. The highest BCUT2D eigenvalue weighted by Crippen LogP contribution is 2.14. The summed E-state index contributed by atoms with van der Waals surface area (Å²) in [6.07, 6.45) is 0.466. The van der Waals surface area contributed by atoms with Crippen molar-refractivity contribution in [3.05, 3.63) is 29.8 Å². The minimum atomic E-state index is -0.481. The molecule has 1 N–H and O–H groups in total. The van der Waals surface area contributed by atoms with Crippen LogP contribution in [0.25, 0.3) is 0 Å². The maximum absolute atomic E-state index is 12.0. The van der Waals surface area contributed by atoms with Crippen LogP contribution >= 0.6 is 0 Å². The van der Waals surface area contributed by atoms with Crippen LogP contribution in [0.2, 0.25) is 0 Å². The number of aryl methyl sites for hydroxylation is 1. The molecule has 1 aromatic rings. The van der Waals surface area contributed by atoms with E-state index in [0.717, 1.165) is 50.6 Å². The van der Waals surface area contributed by atoms with Crippen molar-refractivity contribution in [3.63, 3.8) is 0 Å². The van der Waals surface area contributed by atoms with Gasteiger partial charge >= 0.3 is 0 Å². The number of carbonyl (C=O) groups excluding carboxylic acids is 1. The SMILES string of the molecule is Cc1cccc(O[C@@H](C)C(=O)NCCCN2CCOCC2)c1. The molecule has 5 heteroatoms. The van der Waals surface area contributed by atoms with Gasteiger partial charge in [-0.1, -0.05) is 12.1 Å². The summed E-state index contributed by atoms with van der Waals surface area (Å²) in [5.41, 5.74) is 1.12. The summed E-state index contributed by atoms with van der Waals surface area (Å²) in [5, 5.41) is 2.94. The maximum atomic E-state index is 12.0. The Hall–Kier alpha value is -1.59. The molecule has 2 rings (SSSR count). The molecule has 0 bridgehead atoms. The predicted molar refractivity (Wildman–Crippen MR) is 86.2 cm³/mol. The molecule has 0 spiro atoms. The standard InChI is InChI=1S/C17H26N2O3/c1-14-5-3-6-16(13-14)22-15(2)17(20)18-7-4-8-19-9-11-21-12-10-19/h3,5-6,13,15H,4,7-12H2,1-2H3,(H,18,20)/t15-/m0/s1. The van der Waals surface area contributed by atoms with E-state index >= 15 is 0 Å². The van der Waals surface area contributed by atoms with E-state index in [0.29, 0.717) is 6.54 Å². The van der Waals surface area contributed by atoms with Gasteiger partial charge in [0.05, 0.1) is 13.2 Å². The lowest BCUT2D eigenvalue weighted by Crippen LogP contribution is -2.40. The fraction of sp³-hybridized carbons (Fsp3) is 0.588. The van der Waals surface area contributed by atoms with E-state index in [1.165, 1.54) is 0 Å². The lowest BCUT2D eigenvalue weighted by Gasteiger charge is -2.26. The van der Waals surface area contributed by atoms with Gasteiger partial charge in [0.2, 0.25) is 0 Å². The molecule has 0 aromatic heterocycles. The Kier molecular flexibility index (Phi) is 6.68. The normalized spacial score (nSPS) is 17.0. The monoisotopic (exact) mass is 306 g/mol. The molecule has 0 saturated carbocycles. The third kappa shape index (κ3) is 5.66. The number of ether oxygens (including phenoxy) is 2. The highest BCUT2D eigenvalue weighted by atomic mass is 16.5. The zero-order chi connectivity index (χ0) is 15.8. The molecule has 1 atom stereocenters. The Morgan fingerprint density at radius 3 is 2.91 bits per heavy atom. The number of morpholine rings is 1. The zero-order valence-corrected chi connectivity index (χ0v) is 13.5. The van der Waals surface area contributed by atoms with Crippen LogP contribution in [-0.4, -0.2) is 56.3 Å². The van der Waals surface area contributed by atoms with Crippen molar-refractivity contribution in [3.8, 4) is 5.75 Å². The van der Waals surface area contributed by atoms with Crippen LogP contribution in [-0.2, 0) is 9.53 Å². The van der Waals surface area contributed by atoms with Gasteiger partial charge < -0.3 is 14.8 Å². The van der Waals surface area contributed by atoms with Crippen LogP contribution in [0.1, 0.15) is 18.9 Å². The Labute approximate surface area is 132 Å². The lowest BCUT2D eigenvalue weighted by molar-refractivity contribution is -0.127. The average molecular weight is 306 g/mol. The number of amides is 1. The van der Waals surface area contributed by atoms with E-state index in [1.54, 1.807) is 6.92 Å². The molecule has 0 radical (unpaired) electrons. The zero-order valence-electron chi connectivity index (χ0n) is 13.5. The molecule has 0 unspecified atom stereocenters. The molecule has 122 valence electrons. The third-order valence-electron chi connectivity index (χ3n) is 3.73. The first kappa shape index (κ1) is 16.8. The van der Waals surface area contributed by atoms with Gasteiger partial charge in [-0.25, -0.2) is 0 Å². The number of hydrogen-bond acceptors (Lipinski definition) is 4. The number of benzene rings is 1. The number of rotatable bonds is 7. The molecule has 1 saturated heterocycles. The molecule has 22 heavy (non-hydrogen) atoms. The second-order valence-electron chi connectivity index (χ2n) is 5.68. The van der Waals surface area contributed by atoms with Gasteiger partial charge in [0.15, 0.2) is 6.10 Å². The first-order chi connectivity index (χ1) is 10.6. The van der Waals surface area contributed by atoms with Crippen LogP contribution in [0.15, 0.2) is 24.3 Å². The van der Waals surface area contributed by atoms with E-state index < -0.39 is 6.10 Å². The van der Waals surface area contributed by atoms with Crippen LogP contribution in [0.5, 0.6) is 5.75 Å². The van der Waals surface area contributed by atoms with Gasteiger partial charge in [-0.3, -0.25) is 9.69 Å². The second-order valence-corrected chi connectivity index (χ2v) is 5.68. The molecule has 1 aromatic carbocycles. The highest BCUT2D eigenvalue weighted by Gasteiger charge is 2.14. The molecule has 1 amide bonds. The Balaban J connectivity index is 1.63. The molecule has 1 aliphatic heterocycles. The van der Waals surface area contributed by atoms with Crippen molar-refractivity contribution >= 4 is 5.91 Å². The minimum absolute atomic E-state index is 0.0662.